The highest BCUT2D eigenvalue weighted by molar-refractivity contribution is 5.85. The second-order valence-electron chi connectivity index (χ2n) is 12.4. The minimum Gasteiger partial charge on any atom is -0.188 e. The highest BCUT2D eigenvalue weighted by Gasteiger charge is 2.59. The number of allylic oxidation sites excluding steroid dienone is 1. The smallest absolute Gasteiger partial charge is 0.188 e. The van der Waals surface area contributed by atoms with Gasteiger partial charge in [0.05, 0.1) is 11.0 Å². The molecule has 0 spiro atoms. The summed E-state index contributed by atoms with van der Waals surface area (Å²) in [5, 5.41) is 0. The summed E-state index contributed by atoms with van der Waals surface area (Å²) >= 11 is 0. The van der Waals surface area contributed by atoms with Crippen molar-refractivity contribution in [1.82, 2.24) is 0 Å². The Hall–Kier alpha value is -2.67. The van der Waals surface area contributed by atoms with Crippen molar-refractivity contribution >= 4 is 0 Å². The van der Waals surface area contributed by atoms with E-state index in [-0.39, 0.29) is 16.4 Å². The van der Waals surface area contributed by atoms with Crippen LogP contribution in [0.1, 0.15) is 106 Å². The molecule has 3 aliphatic carbocycles. The number of aromatic nitrogens is 1. The van der Waals surface area contributed by atoms with Crippen LogP contribution in [0.3, 0.4) is 0 Å². The first kappa shape index (κ1) is 21.6. The van der Waals surface area contributed by atoms with Crippen molar-refractivity contribution < 1.29 is 4.57 Å². The van der Waals surface area contributed by atoms with Crippen molar-refractivity contribution in [3.8, 4) is 22.4 Å². The van der Waals surface area contributed by atoms with Gasteiger partial charge in [0.15, 0.2) is 11.7 Å². The summed E-state index contributed by atoms with van der Waals surface area (Å²) < 4.78 is 2.67. The van der Waals surface area contributed by atoms with Crippen molar-refractivity contribution in [2.45, 2.75) is 94.9 Å². The summed E-state index contributed by atoms with van der Waals surface area (Å²) in [7, 11) is 0. The van der Waals surface area contributed by atoms with E-state index < -0.39 is 0 Å². The first-order valence-corrected chi connectivity index (χ1v) is 13.8. The standard InChI is InChI=1S/C34H38N/c1-7-33(6)30-17-25-23-12-10-11-13-28(23)32(4,5)29(25)18-26(30)31-19-24-21-14-15-22(16-21)27(24)20-35(31)34(33,8-2)9-3/h8,10-13,17-22H,2,7,9,14-16H2,1,3-6H3/q+1. The van der Waals surface area contributed by atoms with E-state index in [0.717, 1.165) is 24.7 Å². The fraction of sp³-hybridized carbons (Fsp3) is 0.441. The molecule has 1 fully saturated rings. The molecule has 2 aromatic carbocycles. The van der Waals surface area contributed by atoms with Gasteiger partial charge in [0, 0.05) is 23.5 Å². The summed E-state index contributed by atoms with van der Waals surface area (Å²) in [6.45, 7) is 16.6. The third kappa shape index (κ3) is 2.34. The van der Waals surface area contributed by atoms with Crippen LogP contribution in [-0.2, 0) is 16.4 Å². The van der Waals surface area contributed by atoms with E-state index in [1.165, 1.54) is 58.3 Å². The lowest BCUT2D eigenvalue weighted by atomic mass is 9.59. The second kappa shape index (κ2) is 6.75. The average Bonchev–Trinajstić information content (AvgIpc) is 3.56. The van der Waals surface area contributed by atoms with Gasteiger partial charge in [-0.05, 0) is 96.0 Å². The number of benzene rings is 2. The second-order valence-corrected chi connectivity index (χ2v) is 12.4. The van der Waals surface area contributed by atoms with Crippen molar-refractivity contribution in [2.75, 3.05) is 0 Å². The number of rotatable bonds is 3. The molecule has 1 aliphatic heterocycles. The maximum Gasteiger partial charge on any atom is 0.213 e. The lowest BCUT2D eigenvalue weighted by Crippen LogP contribution is -2.68. The molecule has 2 heterocycles. The zero-order chi connectivity index (χ0) is 24.3. The highest BCUT2D eigenvalue weighted by atomic mass is 15.1. The fourth-order valence-electron chi connectivity index (χ4n) is 8.80. The molecule has 2 bridgehead atoms. The molecule has 7 rings (SSSR count). The Morgan fingerprint density at radius 2 is 1.57 bits per heavy atom. The Kier molecular flexibility index (Phi) is 4.17. The third-order valence-electron chi connectivity index (χ3n) is 11.0. The van der Waals surface area contributed by atoms with Crippen LogP contribution in [0, 0.1) is 0 Å². The number of fused-ring (bicyclic) bond motifs is 11. The Labute approximate surface area is 210 Å². The van der Waals surface area contributed by atoms with Crippen LogP contribution >= 0.6 is 0 Å². The van der Waals surface area contributed by atoms with E-state index in [4.69, 9.17) is 0 Å². The maximum atomic E-state index is 4.49. The van der Waals surface area contributed by atoms with Crippen molar-refractivity contribution in [1.29, 1.82) is 0 Å². The van der Waals surface area contributed by atoms with Gasteiger partial charge in [-0.3, -0.25) is 0 Å². The highest BCUT2D eigenvalue weighted by Crippen LogP contribution is 2.58. The fourth-order valence-corrected chi connectivity index (χ4v) is 8.80. The van der Waals surface area contributed by atoms with Crippen LogP contribution in [0.25, 0.3) is 22.4 Å². The monoisotopic (exact) mass is 460 g/mol. The van der Waals surface area contributed by atoms with Crippen molar-refractivity contribution in [2.24, 2.45) is 0 Å². The predicted molar refractivity (Wildman–Crippen MR) is 145 cm³/mol. The average molecular weight is 461 g/mol. The molecular formula is C34H38N+. The van der Waals surface area contributed by atoms with Crippen LogP contribution in [-0.4, -0.2) is 0 Å². The lowest BCUT2D eigenvalue weighted by Gasteiger charge is -2.47. The SMILES string of the molecule is C=CC1(CC)[n+]2cc3c(cc2-c2cc4c(cc2C1(C)CC)-c1ccccc1C4(C)C)C1CCC3C1. The quantitative estimate of drug-likeness (QED) is 0.273. The Bertz CT molecular complexity index is 1420. The Morgan fingerprint density at radius 1 is 0.857 bits per heavy atom. The third-order valence-corrected chi connectivity index (χ3v) is 11.0. The summed E-state index contributed by atoms with van der Waals surface area (Å²) in [4.78, 5) is 0. The van der Waals surface area contributed by atoms with Crippen molar-refractivity contribution in [3.63, 3.8) is 0 Å². The lowest BCUT2D eigenvalue weighted by molar-refractivity contribution is -0.756. The molecule has 4 atom stereocenters. The topological polar surface area (TPSA) is 3.88 Å². The molecule has 0 amide bonds. The molecule has 0 radical (unpaired) electrons. The zero-order valence-corrected chi connectivity index (χ0v) is 22.0. The molecule has 1 saturated carbocycles. The van der Waals surface area contributed by atoms with Crippen molar-refractivity contribution in [3.05, 3.63) is 89.1 Å². The van der Waals surface area contributed by atoms with Gasteiger partial charge in [0.25, 0.3) is 0 Å². The van der Waals surface area contributed by atoms with Gasteiger partial charge in [0.2, 0.25) is 5.69 Å². The van der Waals surface area contributed by atoms with Gasteiger partial charge >= 0.3 is 0 Å². The number of hydrogen-bond donors (Lipinski definition) is 0. The van der Waals surface area contributed by atoms with E-state index in [1.54, 1.807) is 11.1 Å². The molecule has 4 unspecified atom stereocenters. The molecule has 3 aromatic rings. The van der Waals surface area contributed by atoms with E-state index in [2.05, 4.69) is 101 Å². The van der Waals surface area contributed by atoms with Crippen LogP contribution in [0.5, 0.6) is 0 Å². The minimum absolute atomic E-state index is 0.0158. The van der Waals surface area contributed by atoms with Crippen LogP contribution in [0.4, 0.5) is 0 Å². The largest absolute Gasteiger partial charge is 0.213 e. The first-order valence-electron chi connectivity index (χ1n) is 13.8. The van der Waals surface area contributed by atoms with E-state index >= 15 is 0 Å². The number of nitrogens with zero attached hydrogens (tertiary/aromatic N) is 1. The number of hydrogen-bond acceptors (Lipinski definition) is 0. The van der Waals surface area contributed by atoms with E-state index in [9.17, 15) is 0 Å². The van der Waals surface area contributed by atoms with Crippen LogP contribution in [0.15, 0.2) is 61.3 Å². The molecular weight excluding hydrogens is 422 g/mol. The van der Waals surface area contributed by atoms with Gasteiger partial charge in [-0.1, -0.05) is 58.5 Å². The van der Waals surface area contributed by atoms with E-state index in [1.807, 2.05) is 0 Å². The molecule has 0 saturated heterocycles. The Morgan fingerprint density at radius 3 is 2.29 bits per heavy atom. The summed E-state index contributed by atoms with van der Waals surface area (Å²) in [6, 6.07) is 16.8. The summed E-state index contributed by atoms with van der Waals surface area (Å²) in [6.07, 6.45) is 11.1. The predicted octanol–water partition coefficient (Wildman–Crippen LogP) is 8.28. The summed E-state index contributed by atoms with van der Waals surface area (Å²) in [5.74, 6) is 1.52. The molecule has 178 valence electrons. The van der Waals surface area contributed by atoms with Gasteiger partial charge in [-0.2, -0.15) is 4.57 Å². The van der Waals surface area contributed by atoms with Gasteiger partial charge in [0.1, 0.15) is 0 Å². The minimum atomic E-state index is -0.136. The van der Waals surface area contributed by atoms with Crippen LogP contribution in [0.2, 0.25) is 0 Å². The molecule has 1 heteroatoms. The molecule has 1 nitrogen and oxygen atoms in total. The van der Waals surface area contributed by atoms with Gasteiger partial charge < -0.3 is 0 Å². The molecule has 0 N–H and O–H groups in total. The summed E-state index contributed by atoms with van der Waals surface area (Å²) in [5.41, 5.74) is 13.3. The maximum absolute atomic E-state index is 4.49. The molecule has 4 aliphatic rings. The van der Waals surface area contributed by atoms with E-state index in [0.29, 0.717) is 0 Å². The normalized spacial score (nSPS) is 30.3. The Balaban J connectivity index is 1.60. The van der Waals surface area contributed by atoms with Gasteiger partial charge in [-0.15, -0.1) is 0 Å². The first-order chi connectivity index (χ1) is 16.8. The van der Waals surface area contributed by atoms with Crippen LogP contribution < -0.4 is 4.57 Å². The number of pyridine rings is 1. The zero-order valence-electron chi connectivity index (χ0n) is 22.0. The molecule has 35 heavy (non-hydrogen) atoms. The van der Waals surface area contributed by atoms with Gasteiger partial charge in [-0.25, -0.2) is 0 Å². The molecule has 1 aromatic heterocycles.